The smallest absolute Gasteiger partial charge is 0.251 e. The van der Waals surface area contributed by atoms with E-state index in [0.717, 1.165) is 22.9 Å². The van der Waals surface area contributed by atoms with Crippen LogP contribution in [0.1, 0.15) is 34.8 Å². The summed E-state index contributed by atoms with van der Waals surface area (Å²) in [6, 6.07) is 5.96. The number of fused-ring (bicyclic) bond motifs is 1. The summed E-state index contributed by atoms with van der Waals surface area (Å²) >= 11 is 3.37. The van der Waals surface area contributed by atoms with Gasteiger partial charge in [0.1, 0.15) is 0 Å². The molecule has 1 atom stereocenters. The monoisotopic (exact) mass is 297 g/mol. The Labute approximate surface area is 110 Å². The molecule has 17 heavy (non-hydrogen) atoms. The molecular formula is C13H16BrNO2. The van der Waals surface area contributed by atoms with Crippen LogP contribution in [-0.2, 0) is 18.0 Å². The third-order valence-electron chi connectivity index (χ3n) is 2.90. The molecule has 4 heteroatoms. The van der Waals surface area contributed by atoms with Gasteiger partial charge in [0, 0.05) is 16.9 Å². The number of alkyl halides is 1. The number of halogens is 1. The number of benzene rings is 1. The Kier molecular flexibility index (Phi) is 4.18. The highest BCUT2D eigenvalue weighted by Gasteiger charge is 2.15. The second-order valence-electron chi connectivity index (χ2n) is 4.33. The van der Waals surface area contributed by atoms with Crippen molar-refractivity contribution >= 4 is 21.8 Å². The SMILES string of the molecule is CC(CCBr)NC(=O)c1ccc2c(c1)COC2. The quantitative estimate of drug-likeness (QED) is 0.868. The maximum atomic E-state index is 12.0. The topological polar surface area (TPSA) is 38.3 Å². The van der Waals surface area contributed by atoms with Gasteiger partial charge in [0.05, 0.1) is 13.2 Å². The Morgan fingerprint density at radius 3 is 3.00 bits per heavy atom. The van der Waals surface area contributed by atoms with Crippen LogP contribution in [0, 0.1) is 0 Å². The first-order chi connectivity index (χ1) is 8.20. The standard InChI is InChI=1S/C13H16BrNO2/c1-9(4-5-14)15-13(16)10-2-3-11-7-17-8-12(11)6-10/h2-3,6,9H,4-5,7-8H2,1H3,(H,15,16). The zero-order chi connectivity index (χ0) is 12.3. The second-order valence-corrected chi connectivity index (χ2v) is 5.12. The minimum Gasteiger partial charge on any atom is -0.372 e. The van der Waals surface area contributed by atoms with E-state index >= 15 is 0 Å². The minimum atomic E-state index is -0.00634. The van der Waals surface area contributed by atoms with E-state index in [1.54, 1.807) is 0 Å². The minimum absolute atomic E-state index is 0.00634. The second kappa shape index (κ2) is 5.65. The zero-order valence-corrected chi connectivity index (χ0v) is 11.4. The molecule has 1 aromatic carbocycles. The fourth-order valence-electron chi connectivity index (χ4n) is 1.86. The van der Waals surface area contributed by atoms with Crippen LogP contribution in [0.5, 0.6) is 0 Å². The van der Waals surface area contributed by atoms with Gasteiger partial charge >= 0.3 is 0 Å². The average Bonchev–Trinajstić information content (AvgIpc) is 2.75. The molecule has 3 nitrogen and oxygen atoms in total. The predicted molar refractivity (Wildman–Crippen MR) is 70.3 cm³/mol. The normalized spacial score (nSPS) is 15.4. The van der Waals surface area contributed by atoms with Gasteiger partial charge in [-0.2, -0.15) is 0 Å². The van der Waals surface area contributed by atoms with Crippen LogP contribution in [0.15, 0.2) is 18.2 Å². The number of hydrogen-bond donors (Lipinski definition) is 1. The highest BCUT2D eigenvalue weighted by molar-refractivity contribution is 9.09. The van der Waals surface area contributed by atoms with E-state index in [2.05, 4.69) is 21.2 Å². The number of carbonyl (C=O) groups excluding carboxylic acids is 1. The zero-order valence-electron chi connectivity index (χ0n) is 9.83. The Morgan fingerprint density at radius 2 is 2.24 bits per heavy atom. The van der Waals surface area contributed by atoms with Crippen molar-refractivity contribution in [3.63, 3.8) is 0 Å². The van der Waals surface area contributed by atoms with Gasteiger partial charge in [-0.15, -0.1) is 0 Å². The van der Waals surface area contributed by atoms with Crippen molar-refractivity contribution < 1.29 is 9.53 Å². The van der Waals surface area contributed by atoms with Crippen LogP contribution < -0.4 is 5.32 Å². The number of ether oxygens (including phenoxy) is 1. The van der Waals surface area contributed by atoms with Gasteiger partial charge in [0.2, 0.25) is 0 Å². The molecule has 1 aliphatic heterocycles. The van der Waals surface area contributed by atoms with Crippen molar-refractivity contribution in [2.45, 2.75) is 32.6 Å². The lowest BCUT2D eigenvalue weighted by atomic mass is 10.1. The highest BCUT2D eigenvalue weighted by atomic mass is 79.9. The summed E-state index contributed by atoms with van der Waals surface area (Å²) < 4.78 is 5.33. The fourth-order valence-corrected chi connectivity index (χ4v) is 2.54. The van der Waals surface area contributed by atoms with E-state index in [9.17, 15) is 4.79 Å². The van der Waals surface area contributed by atoms with Gasteiger partial charge in [0.15, 0.2) is 0 Å². The fraction of sp³-hybridized carbons (Fsp3) is 0.462. The summed E-state index contributed by atoms with van der Waals surface area (Å²) in [7, 11) is 0. The molecule has 0 fully saturated rings. The van der Waals surface area contributed by atoms with E-state index in [0.29, 0.717) is 13.2 Å². The molecular weight excluding hydrogens is 282 g/mol. The first-order valence-corrected chi connectivity index (χ1v) is 6.89. The Hall–Kier alpha value is -0.870. The lowest BCUT2D eigenvalue weighted by Crippen LogP contribution is -2.32. The van der Waals surface area contributed by atoms with Gasteiger partial charge in [-0.25, -0.2) is 0 Å². The van der Waals surface area contributed by atoms with Crippen LogP contribution >= 0.6 is 15.9 Å². The molecule has 2 rings (SSSR count). The molecule has 1 unspecified atom stereocenters. The van der Waals surface area contributed by atoms with E-state index in [1.807, 2.05) is 25.1 Å². The maximum Gasteiger partial charge on any atom is 0.251 e. The summed E-state index contributed by atoms with van der Waals surface area (Å²) in [6.07, 6.45) is 0.930. The van der Waals surface area contributed by atoms with Crippen molar-refractivity contribution in [2.24, 2.45) is 0 Å². The largest absolute Gasteiger partial charge is 0.372 e. The molecule has 0 saturated carbocycles. The molecule has 0 radical (unpaired) electrons. The third-order valence-corrected chi connectivity index (χ3v) is 3.36. The summed E-state index contributed by atoms with van der Waals surface area (Å²) in [5, 5.41) is 3.87. The molecule has 1 aromatic rings. The third kappa shape index (κ3) is 3.07. The molecule has 0 saturated heterocycles. The van der Waals surface area contributed by atoms with Crippen molar-refractivity contribution in [1.29, 1.82) is 0 Å². The van der Waals surface area contributed by atoms with E-state index in [-0.39, 0.29) is 11.9 Å². The number of carbonyl (C=O) groups is 1. The lowest BCUT2D eigenvalue weighted by Gasteiger charge is -2.12. The van der Waals surface area contributed by atoms with Crippen LogP contribution in [0.4, 0.5) is 0 Å². The van der Waals surface area contributed by atoms with Crippen molar-refractivity contribution in [3.05, 3.63) is 34.9 Å². The van der Waals surface area contributed by atoms with Gasteiger partial charge in [-0.05, 0) is 36.6 Å². The van der Waals surface area contributed by atoms with Crippen LogP contribution in [0.3, 0.4) is 0 Å². The van der Waals surface area contributed by atoms with Gasteiger partial charge in [0.25, 0.3) is 5.91 Å². The van der Waals surface area contributed by atoms with E-state index in [1.165, 1.54) is 5.56 Å². The summed E-state index contributed by atoms with van der Waals surface area (Å²) in [4.78, 5) is 12.0. The number of hydrogen-bond acceptors (Lipinski definition) is 2. The average molecular weight is 298 g/mol. The number of rotatable bonds is 4. The molecule has 0 aliphatic carbocycles. The maximum absolute atomic E-state index is 12.0. The number of nitrogens with one attached hydrogen (secondary N) is 1. The van der Waals surface area contributed by atoms with E-state index < -0.39 is 0 Å². The van der Waals surface area contributed by atoms with Gasteiger partial charge in [-0.1, -0.05) is 22.0 Å². The molecule has 1 N–H and O–H groups in total. The van der Waals surface area contributed by atoms with Crippen LogP contribution in [0.2, 0.25) is 0 Å². The van der Waals surface area contributed by atoms with Crippen molar-refractivity contribution in [1.82, 2.24) is 5.32 Å². The van der Waals surface area contributed by atoms with Gasteiger partial charge in [-0.3, -0.25) is 4.79 Å². The van der Waals surface area contributed by atoms with E-state index in [4.69, 9.17) is 4.74 Å². The molecule has 0 bridgehead atoms. The van der Waals surface area contributed by atoms with Crippen LogP contribution in [0.25, 0.3) is 0 Å². The molecule has 1 amide bonds. The lowest BCUT2D eigenvalue weighted by molar-refractivity contribution is 0.0939. The number of amides is 1. The first-order valence-electron chi connectivity index (χ1n) is 5.77. The molecule has 1 aliphatic rings. The van der Waals surface area contributed by atoms with Crippen LogP contribution in [-0.4, -0.2) is 17.3 Å². The Morgan fingerprint density at radius 1 is 1.47 bits per heavy atom. The molecule has 0 aromatic heterocycles. The summed E-state index contributed by atoms with van der Waals surface area (Å²) in [5.41, 5.74) is 3.04. The highest BCUT2D eigenvalue weighted by Crippen LogP contribution is 2.20. The Bertz CT molecular complexity index is 420. The summed E-state index contributed by atoms with van der Waals surface area (Å²) in [6.45, 7) is 3.29. The summed E-state index contributed by atoms with van der Waals surface area (Å²) in [5.74, 6) is -0.00634. The molecule has 92 valence electrons. The van der Waals surface area contributed by atoms with Gasteiger partial charge < -0.3 is 10.1 Å². The molecule has 0 spiro atoms. The van der Waals surface area contributed by atoms with Crippen molar-refractivity contribution in [2.75, 3.05) is 5.33 Å². The van der Waals surface area contributed by atoms with Crippen molar-refractivity contribution in [3.8, 4) is 0 Å². The molecule has 1 heterocycles. The first kappa shape index (κ1) is 12.6. The Balaban J connectivity index is 2.04. The predicted octanol–water partition coefficient (Wildman–Crippen LogP) is 2.62.